The topological polar surface area (TPSA) is 84.0 Å². The lowest BCUT2D eigenvalue weighted by atomic mass is 10.1. The van der Waals surface area contributed by atoms with Crippen molar-refractivity contribution in [3.05, 3.63) is 53.1 Å². The van der Waals surface area contributed by atoms with E-state index in [0.717, 1.165) is 5.56 Å². The Labute approximate surface area is 173 Å². The van der Waals surface area contributed by atoms with Gasteiger partial charge in [0, 0.05) is 26.2 Å². The van der Waals surface area contributed by atoms with Gasteiger partial charge in [0.05, 0.1) is 16.9 Å². The predicted octanol–water partition coefficient (Wildman–Crippen LogP) is 2.32. The van der Waals surface area contributed by atoms with Gasteiger partial charge in [-0.05, 0) is 56.2 Å². The molecule has 0 aromatic heterocycles. The molecule has 0 atom stereocenters. The zero-order valence-corrected chi connectivity index (χ0v) is 18.7. The summed E-state index contributed by atoms with van der Waals surface area (Å²) < 4.78 is 60.0. The quantitative estimate of drug-likeness (QED) is 0.715. The smallest absolute Gasteiger partial charge is 0.243 e. The van der Waals surface area contributed by atoms with Crippen molar-refractivity contribution in [2.45, 2.75) is 30.6 Å². The number of nitrogens with zero attached hydrogens (tertiary/aromatic N) is 2. The summed E-state index contributed by atoms with van der Waals surface area (Å²) in [6.45, 7) is 5.81. The third-order valence-corrected chi connectivity index (χ3v) is 9.24. The van der Waals surface area contributed by atoms with Crippen LogP contribution in [0.15, 0.2) is 46.2 Å². The fraction of sp³-hybridized carbons (Fsp3) is 0.400. The van der Waals surface area contributed by atoms with Gasteiger partial charge in [-0.3, -0.25) is 0 Å². The van der Waals surface area contributed by atoms with E-state index < -0.39 is 20.0 Å². The van der Waals surface area contributed by atoms with Crippen LogP contribution in [0.4, 0.5) is 0 Å². The highest BCUT2D eigenvalue weighted by Crippen LogP contribution is 2.29. The molecule has 7 nitrogen and oxygen atoms in total. The number of ether oxygens (including phenoxy) is 1. The van der Waals surface area contributed by atoms with Gasteiger partial charge in [0.2, 0.25) is 20.0 Å². The molecule has 3 rings (SSSR count). The van der Waals surface area contributed by atoms with Crippen LogP contribution in [0.1, 0.15) is 16.7 Å². The average molecular weight is 439 g/mol. The minimum absolute atomic E-state index is 0.109. The van der Waals surface area contributed by atoms with E-state index in [0.29, 0.717) is 16.9 Å². The van der Waals surface area contributed by atoms with E-state index in [4.69, 9.17) is 4.74 Å². The molecule has 0 bridgehead atoms. The predicted molar refractivity (Wildman–Crippen MR) is 111 cm³/mol. The van der Waals surface area contributed by atoms with Gasteiger partial charge in [-0.2, -0.15) is 8.61 Å². The van der Waals surface area contributed by atoms with Crippen molar-refractivity contribution in [2.75, 3.05) is 33.3 Å². The van der Waals surface area contributed by atoms with E-state index in [2.05, 4.69) is 0 Å². The number of benzene rings is 2. The van der Waals surface area contributed by atoms with Crippen molar-refractivity contribution in [1.29, 1.82) is 0 Å². The van der Waals surface area contributed by atoms with Gasteiger partial charge in [0.25, 0.3) is 0 Å². The van der Waals surface area contributed by atoms with Gasteiger partial charge in [0.15, 0.2) is 0 Å². The average Bonchev–Trinajstić information content (AvgIpc) is 2.67. The number of hydrogen-bond donors (Lipinski definition) is 0. The van der Waals surface area contributed by atoms with Crippen molar-refractivity contribution < 1.29 is 21.6 Å². The second kappa shape index (κ2) is 8.06. The zero-order chi connectivity index (χ0) is 21.4. The Kier molecular flexibility index (Phi) is 6.05. The molecule has 1 heterocycles. The van der Waals surface area contributed by atoms with Crippen LogP contribution in [0, 0.1) is 20.8 Å². The Morgan fingerprint density at radius 2 is 1.21 bits per heavy atom. The summed E-state index contributed by atoms with van der Waals surface area (Å²) in [5.74, 6) is 0.605. The summed E-state index contributed by atoms with van der Waals surface area (Å²) in [7, 11) is -5.84. The standard InChI is InChI=1S/C20H26N2O5S2/c1-15-5-7-19(8-6-15)28(23,24)21-9-11-22(12-10-21)29(25,26)20-16(2)13-18(27-4)14-17(20)3/h5-8,13-14H,9-12H2,1-4H3. The number of sulfonamides is 2. The number of hydrogen-bond acceptors (Lipinski definition) is 5. The van der Waals surface area contributed by atoms with Gasteiger partial charge < -0.3 is 4.74 Å². The van der Waals surface area contributed by atoms with E-state index in [1.165, 1.54) is 15.7 Å². The largest absolute Gasteiger partial charge is 0.497 e. The normalized spacial score (nSPS) is 16.7. The molecule has 0 unspecified atom stereocenters. The maximum absolute atomic E-state index is 13.2. The minimum atomic E-state index is -3.73. The molecular formula is C20H26N2O5S2. The third-order valence-electron chi connectivity index (χ3n) is 5.12. The number of methoxy groups -OCH3 is 1. The fourth-order valence-electron chi connectivity index (χ4n) is 3.57. The van der Waals surface area contributed by atoms with Crippen LogP contribution in [-0.4, -0.2) is 58.7 Å². The Morgan fingerprint density at radius 3 is 1.66 bits per heavy atom. The number of aryl methyl sites for hydroxylation is 3. The van der Waals surface area contributed by atoms with Crippen LogP contribution in [0.5, 0.6) is 5.75 Å². The van der Waals surface area contributed by atoms with E-state index in [1.54, 1.807) is 50.2 Å². The maximum atomic E-state index is 13.2. The second-order valence-electron chi connectivity index (χ2n) is 7.21. The molecule has 1 fully saturated rings. The Hall–Kier alpha value is -1.94. The molecule has 2 aromatic rings. The van der Waals surface area contributed by atoms with E-state index in [1.807, 2.05) is 6.92 Å². The zero-order valence-electron chi connectivity index (χ0n) is 17.0. The summed E-state index contributed by atoms with van der Waals surface area (Å²) in [6, 6.07) is 10.1. The lowest BCUT2D eigenvalue weighted by molar-refractivity contribution is 0.272. The molecule has 1 saturated heterocycles. The van der Waals surface area contributed by atoms with Gasteiger partial charge in [0.1, 0.15) is 5.75 Å². The molecule has 158 valence electrons. The third kappa shape index (κ3) is 4.18. The Bertz CT molecular complexity index is 1080. The molecule has 2 aromatic carbocycles. The Balaban J connectivity index is 1.81. The summed E-state index contributed by atoms with van der Waals surface area (Å²) in [6.07, 6.45) is 0. The summed E-state index contributed by atoms with van der Waals surface area (Å²) >= 11 is 0. The van der Waals surface area contributed by atoms with Gasteiger partial charge >= 0.3 is 0 Å². The van der Waals surface area contributed by atoms with Gasteiger partial charge in [-0.25, -0.2) is 16.8 Å². The molecule has 29 heavy (non-hydrogen) atoms. The monoisotopic (exact) mass is 438 g/mol. The van der Waals surface area contributed by atoms with Crippen molar-refractivity contribution in [3.8, 4) is 5.75 Å². The molecule has 1 aliphatic rings. The summed E-state index contributed by atoms with van der Waals surface area (Å²) in [5, 5.41) is 0. The molecule has 0 aliphatic carbocycles. The summed E-state index contributed by atoms with van der Waals surface area (Å²) in [5.41, 5.74) is 2.19. The SMILES string of the molecule is COc1cc(C)c(S(=O)(=O)N2CCN(S(=O)(=O)c3ccc(C)cc3)CC2)c(C)c1. The molecular weight excluding hydrogens is 412 g/mol. The minimum Gasteiger partial charge on any atom is -0.497 e. The first-order valence-corrected chi connectivity index (χ1v) is 12.2. The molecule has 0 N–H and O–H groups in total. The highest BCUT2D eigenvalue weighted by Gasteiger charge is 2.35. The van der Waals surface area contributed by atoms with Crippen LogP contribution >= 0.6 is 0 Å². The molecule has 0 saturated carbocycles. The highest BCUT2D eigenvalue weighted by atomic mass is 32.2. The number of piperazine rings is 1. The van der Waals surface area contributed by atoms with Crippen LogP contribution < -0.4 is 4.74 Å². The fourth-order valence-corrected chi connectivity index (χ4v) is 6.83. The first-order chi connectivity index (χ1) is 13.6. The van der Waals surface area contributed by atoms with Crippen molar-refractivity contribution in [1.82, 2.24) is 8.61 Å². The van der Waals surface area contributed by atoms with Crippen molar-refractivity contribution >= 4 is 20.0 Å². The van der Waals surface area contributed by atoms with Crippen LogP contribution in [0.3, 0.4) is 0 Å². The van der Waals surface area contributed by atoms with E-state index >= 15 is 0 Å². The molecule has 0 radical (unpaired) electrons. The van der Waals surface area contributed by atoms with E-state index in [9.17, 15) is 16.8 Å². The van der Waals surface area contributed by atoms with Crippen LogP contribution in [0.2, 0.25) is 0 Å². The van der Waals surface area contributed by atoms with Crippen LogP contribution in [0.25, 0.3) is 0 Å². The van der Waals surface area contributed by atoms with Crippen molar-refractivity contribution in [2.24, 2.45) is 0 Å². The van der Waals surface area contributed by atoms with Crippen LogP contribution in [-0.2, 0) is 20.0 Å². The highest BCUT2D eigenvalue weighted by molar-refractivity contribution is 7.89. The van der Waals surface area contributed by atoms with Gasteiger partial charge in [-0.1, -0.05) is 17.7 Å². The van der Waals surface area contributed by atoms with E-state index in [-0.39, 0.29) is 36.0 Å². The lowest BCUT2D eigenvalue weighted by Crippen LogP contribution is -2.50. The Morgan fingerprint density at radius 1 is 0.759 bits per heavy atom. The number of rotatable bonds is 5. The maximum Gasteiger partial charge on any atom is 0.243 e. The molecule has 1 aliphatic heterocycles. The first-order valence-electron chi connectivity index (χ1n) is 9.29. The molecule has 0 spiro atoms. The van der Waals surface area contributed by atoms with Crippen molar-refractivity contribution in [3.63, 3.8) is 0 Å². The second-order valence-corrected chi connectivity index (χ2v) is 11.0. The molecule has 0 amide bonds. The lowest BCUT2D eigenvalue weighted by Gasteiger charge is -2.33. The van der Waals surface area contributed by atoms with Gasteiger partial charge in [-0.15, -0.1) is 0 Å². The summed E-state index contributed by atoms with van der Waals surface area (Å²) in [4.78, 5) is 0.481. The molecule has 9 heteroatoms. The first kappa shape index (κ1) is 21.8.